The van der Waals surface area contributed by atoms with Gasteiger partial charge in [-0.1, -0.05) is 24.3 Å². The fraction of sp³-hybridized carbons (Fsp3) is 0.600. The van der Waals surface area contributed by atoms with Crippen molar-refractivity contribution in [2.45, 2.75) is 24.8 Å². The van der Waals surface area contributed by atoms with Gasteiger partial charge in [0.05, 0.1) is 13.2 Å². The molecule has 0 amide bonds. The van der Waals surface area contributed by atoms with Crippen LogP contribution in [-0.2, 0) is 4.74 Å². The fourth-order valence-corrected chi connectivity index (χ4v) is 2.79. The minimum atomic E-state index is 0.349. The van der Waals surface area contributed by atoms with Gasteiger partial charge in [0.2, 0.25) is 0 Å². The highest BCUT2D eigenvalue weighted by atomic mass is 16.5. The summed E-state index contributed by atoms with van der Waals surface area (Å²) >= 11 is 0. The summed E-state index contributed by atoms with van der Waals surface area (Å²) in [6.07, 6.45) is 2.73. The van der Waals surface area contributed by atoms with Crippen molar-refractivity contribution in [3.63, 3.8) is 0 Å². The largest absolute Gasteiger partial charge is 0.379 e. The van der Waals surface area contributed by atoms with Gasteiger partial charge in [-0.15, -0.1) is 0 Å². The lowest BCUT2D eigenvalue weighted by Gasteiger charge is -2.34. The van der Waals surface area contributed by atoms with Gasteiger partial charge >= 0.3 is 0 Å². The molecule has 1 saturated heterocycles. The molecular weight excluding hydrogens is 224 g/mol. The molecule has 3 rings (SSSR count). The molecule has 1 saturated carbocycles. The third-order valence-electron chi connectivity index (χ3n) is 4.08. The van der Waals surface area contributed by atoms with Crippen LogP contribution >= 0.6 is 0 Å². The van der Waals surface area contributed by atoms with Crippen LogP contribution in [-0.4, -0.2) is 37.7 Å². The molecule has 2 aliphatic rings. The molecule has 1 aromatic rings. The monoisotopic (exact) mass is 246 g/mol. The van der Waals surface area contributed by atoms with Gasteiger partial charge in [-0.2, -0.15) is 0 Å². The van der Waals surface area contributed by atoms with Gasteiger partial charge in [0.1, 0.15) is 0 Å². The highest BCUT2D eigenvalue weighted by molar-refractivity contribution is 5.30. The zero-order valence-corrected chi connectivity index (χ0v) is 10.8. The number of ether oxygens (including phenoxy) is 1. The van der Waals surface area contributed by atoms with Gasteiger partial charge in [0.15, 0.2) is 0 Å². The quantitative estimate of drug-likeness (QED) is 0.882. The Hall–Kier alpha value is -0.900. The zero-order valence-electron chi connectivity index (χ0n) is 10.8. The molecule has 3 nitrogen and oxygen atoms in total. The van der Waals surface area contributed by atoms with Crippen LogP contribution in [0.3, 0.4) is 0 Å². The van der Waals surface area contributed by atoms with E-state index in [1.807, 2.05) is 0 Å². The number of nitrogens with zero attached hydrogens (tertiary/aromatic N) is 1. The van der Waals surface area contributed by atoms with Gasteiger partial charge in [-0.25, -0.2) is 0 Å². The first kappa shape index (κ1) is 12.2. The lowest BCUT2D eigenvalue weighted by atomic mass is 10.0. The van der Waals surface area contributed by atoms with Gasteiger partial charge in [0.25, 0.3) is 0 Å². The first-order valence-corrected chi connectivity index (χ1v) is 7.00. The third kappa shape index (κ3) is 2.58. The van der Waals surface area contributed by atoms with Crippen LogP contribution in [0.1, 0.15) is 35.9 Å². The summed E-state index contributed by atoms with van der Waals surface area (Å²) < 4.78 is 5.41. The molecule has 18 heavy (non-hydrogen) atoms. The SMILES string of the molecule is NCC(c1ccc(C2CC2)cc1)N1CCOCC1. The highest BCUT2D eigenvalue weighted by Gasteiger charge is 2.25. The maximum Gasteiger partial charge on any atom is 0.0594 e. The van der Waals surface area contributed by atoms with E-state index in [-0.39, 0.29) is 0 Å². The van der Waals surface area contributed by atoms with E-state index in [0.717, 1.165) is 32.2 Å². The topological polar surface area (TPSA) is 38.5 Å². The molecular formula is C15H22N2O. The lowest BCUT2D eigenvalue weighted by Crippen LogP contribution is -2.41. The van der Waals surface area contributed by atoms with Crippen LogP contribution in [0.25, 0.3) is 0 Å². The second kappa shape index (κ2) is 5.39. The summed E-state index contributed by atoms with van der Waals surface area (Å²) in [7, 11) is 0. The second-order valence-electron chi connectivity index (χ2n) is 5.34. The predicted octanol–water partition coefficient (Wildman–Crippen LogP) is 1.90. The number of benzene rings is 1. The zero-order chi connectivity index (χ0) is 12.4. The first-order chi connectivity index (χ1) is 8.88. The minimum absolute atomic E-state index is 0.349. The number of nitrogens with two attached hydrogens (primary N) is 1. The van der Waals surface area contributed by atoms with E-state index < -0.39 is 0 Å². The Labute approximate surface area is 109 Å². The number of morpholine rings is 1. The molecule has 98 valence electrons. The van der Waals surface area contributed by atoms with Crippen molar-refractivity contribution >= 4 is 0 Å². The van der Waals surface area contributed by atoms with Crippen molar-refractivity contribution < 1.29 is 4.74 Å². The van der Waals surface area contributed by atoms with Gasteiger partial charge in [-0.05, 0) is 29.9 Å². The maximum atomic E-state index is 5.96. The van der Waals surface area contributed by atoms with Crippen molar-refractivity contribution in [2.75, 3.05) is 32.8 Å². The molecule has 0 radical (unpaired) electrons. The van der Waals surface area contributed by atoms with Crippen LogP contribution in [0, 0.1) is 0 Å². The number of rotatable bonds is 4. The average molecular weight is 246 g/mol. The lowest BCUT2D eigenvalue weighted by molar-refractivity contribution is 0.0179. The molecule has 1 unspecified atom stereocenters. The average Bonchev–Trinajstić information content (AvgIpc) is 3.26. The van der Waals surface area contributed by atoms with Crippen LogP contribution < -0.4 is 5.73 Å². The van der Waals surface area contributed by atoms with Crippen LogP contribution in [0.15, 0.2) is 24.3 Å². The Morgan fingerprint density at radius 3 is 2.39 bits per heavy atom. The predicted molar refractivity (Wildman–Crippen MR) is 72.6 cm³/mol. The molecule has 3 heteroatoms. The van der Waals surface area contributed by atoms with Crippen LogP contribution in [0.4, 0.5) is 0 Å². The van der Waals surface area contributed by atoms with Crippen molar-refractivity contribution in [3.05, 3.63) is 35.4 Å². The Morgan fingerprint density at radius 2 is 1.83 bits per heavy atom. The van der Waals surface area contributed by atoms with Crippen LogP contribution in [0.2, 0.25) is 0 Å². The van der Waals surface area contributed by atoms with E-state index in [9.17, 15) is 0 Å². The summed E-state index contributed by atoms with van der Waals surface area (Å²) in [5, 5.41) is 0. The van der Waals surface area contributed by atoms with Crippen LogP contribution in [0.5, 0.6) is 0 Å². The molecule has 2 N–H and O–H groups in total. The van der Waals surface area contributed by atoms with Crippen molar-refractivity contribution in [2.24, 2.45) is 5.73 Å². The molecule has 1 heterocycles. The molecule has 0 bridgehead atoms. The second-order valence-corrected chi connectivity index (χ2v) is 5.34. The van der Waals surface area contributed by atoms with Gasteiger partial charge in [0, 0.05) is 25.7 Å². The molecule has 0 aromatic heterocycles. The van der Waals surface area contributed by atoms with Crippen molar-refractivity contribution in [3.8, 4) is 0 Å². The first-order valence-electron chi connectivity index (χ1n) is 7.00. The molecule has 1 aromatic carbocycles. The summed E-state index contributed by atoms with van der Waals surface area (Å²) in [4.78, 5) is 2.44. The van der Waals surface area contributed by atoms with E-state index in [4.69, 9.17) is 10.5 Å². The third-order valence-corrected chi connectivity index (χ3v) is 4.08. The molecule has 1 aliphatic heterocycles. The standard InChI is InChI=1S/C15H22N2O/c16-11-15(17-7-9-18-10-8-17)14-5-3-13(4-6-14)12-1-2-12/h3-6,12,15H,1-2,7-11,16H2. The summed E-state index contributed by atoms with van der Waals surface area (Å²) in [5.41, 5.74) is 8.81. The van der Waals surface area contributed by atoms with E-state index in [2.05, 4.69) is 29.2 Å². The maximum absolute atomic E-state index is 5.96. The normalized spacial score (nSPS) is 22.9. The summed E-state index contributed by atoms with van der Waals surface area (Å²) in [6.45, 7) is 4.33. The number of hydrogen-bond donors (Lipinski definition) is 1. The van der Waals surface area contributed by atoms with E-state index in [1.54, 1.807) is 0 Å². The smallest absolute Gasteiger partial charge is 0.0594 e. The fourth-order valence-electron chi connectivity index (χ4n) is 2.79. The van der Waals surface area contributed by atoms with Crippen molar-refractivity contribution in [1.29, 1.82) is 0 Å². The molecule has 1 atom stereocenters. The summed E-state index contributed by atoms with van der Waals surface area (Å²) in [5.74, 6) is 0.832. The van der Waals surface area contributed by atoms with E-state index in [1.165, 1.54) is 24.0 Å². The van der Waals surface area contributed by atoms with Gasteiger partial charge in [-0.3, -0.25) is 4.90 Å². The number of hydrogen-bond acceptors (Lipinski definition) is 3. The minimum Gasteiger partial charge on any atom is -0.379 e. The Bertz CT molecular complexity index is 380. The van der Waals surface area contributed by atoms with E-state index in [0.29, 0.717) is 12.6 Å². The Balaban J connectivity index is 1.73. The Kier molecular flexibility index (Phi) is 3.64. The van der Waals surface area contributed by atoms with Crippen molar-refractivity contribution in [1.82, 2.24) is 4.90 Å². The van der Waals surface area contributed by atoms with Gasteiger partial charge < -0.3 is 10.5 Å². The Morgan fingerprint density at radius 1 is 1.17 bits per heavy atom. The van der Waals surface area contributed by atoms with E-state index >= 15 is 0 Å². The molecule has 1 aliphatic carbocycles. The summed E-state index contributed by atoms with van der Waals surface area (Å²) in [6, 6.07) is 9.45. The molecule has 0 spiro atoms. The molecule has 2 fully saturated rings. The highest BCUT2D eigenvalue weighted by Crippen LogP contribution is 2.40.